The van der Waals surface area contributed by atoms with Gasteiger partial charge < -0.3 is 0 Å². The number of rotatable bonds is 1. The van der Waals surface area contributed by atoms with Crippen LogP contribution in [0.1, 0.15) is 42.0 Å². The van der Waals surface area contributed by atoms with Crippen molar-refractivity contribution >= 4 is 0 Å². The molecule has 0 aromatic heterocycles. The Bertz CT molecular complexity index is 644. The fourth-order valence-corrected chi connectivity index (χ4v) is 3.96. The monoisotopic (exact) mass is 263 g/mol. The van der Waals surface area contributed by atoms with Crippen molar-refractivity contribution in [1.29, 1.82) is 0 Å². The van der Waals surface area contributed by atoms with Crippen LogP contribution < -0.4 is 0 Å². The maximum absolute atomic E-state index is 2.54. The second-order valence-corrected chi connectivity index (χ2v) is 6.20. The average molecular weight is 263 g/mol. The minimum absolute atomic E-state index is 0.619. The minimum atomic E-state index is 0.619. The standard InChI is InChI=1S/C19H21N/c1-20-12-5-4-11-19(20)17-10-6-9-16-15-8-3-2-7-14(15)13-18(16)17/h2-3,6-10,19H,4-5,11-13H2,1H3. The number of hydrogen-bond donors (Lipinski definition) is 0. The highest BCUT2D eigenvalue weighted by Crippen LogP contribution is 2.42. The second-order valence-electron chi connectivity index (χ2n) is 6.20. The summed E-state index contributed by atoms with van der Waals surface area (Å²) in [5.74, 6) is 0. The average Bonchev–Trinajstić information content (AvgIpc) is 2.86. The maximum atomic E-state index is 2.54. The SMILES string of the molecule is CN1CCCCC1c1cccc2c1Cc1ccccc1-2. The van der Waals surface area contributed by atoms with Crippen molar-refractivity contribution in [3.05, 3.63) is 59.2 Å². The van der Waals surface area contributed by atoms with Gasteiger partial charge in [0.15, 0.2) is 0 Å². The van der Waals surface area contributed by atoms with Crippen LogP contribution in [-0.4, -0.2) is 18.5 Å². The summed E-state index contributed by atoms with van der Waals surface area (Å²) >= 11 is 0. The summed E-state index contributed by atoms with van der Waals surface area (Å²) in [4.78, 5) is 2.54. The van der Waals surface area contributed by atoms with E-state index < -0.39 is 0 Å². The zero-order chi connectivity index (χ0) is 13.5. The number of hydrogen-bond acceptors (Lipinski definition) is 1. The molecular weight excluding hydrogens is 242 g/mol. The molecule has 1 fully saturated rings. The maximum Gasteiger partial charge on any atom is 0.0348 e. The molecule has 0 bridgehead atoms. The van der Waals surface area contributed by atoms with E-state index in [2.05, 4.69) is 54.4 Å². The van der Waals surface area contributed by atoms with Crippen LogP contribution in [0.5, 0.6) is 0 Å². The Labute approximate surface area is 121 Å². The highest BCUT2D eigenvalue weighted by molar-refractivity contribution is 5.78. The van der Waals surface area contributed by atoms with Crippen LogP contribution in [0.4, 0.5) is 0 Å². The largest absolute Gasteiger partial charge is 0.299 e. The molecule has 0 spiro atoms. The molecule has 2 aromatic carbocycles. The van der Waals surface area contributed by atoms with Crippen LogP contribution in [0.2, 0.25) is 0 Å². The molecule has 1 nitrogen and oxygen atoms in total. The quantitative estimate of drug-likeness (QED) is 0.628. The van der Waals surface area contributed by atoms with E-state index in [9.17, 15) is 0 Å². The van der Waals surface area contributed by atoms with E-state index in [0.29, 0.717) is 6.04 Å². The van der Waals surface area contributed by atoms with Gasteiger partial charge in [-0.2, -0.15) is 0 Å². The lowest BCUT2D eigenvalue weighted by Crippen LogP contribution is -2.30. The number of fused-ring (bicyclic) bond motifs is 3. The van der Waals surface area contributed by atoms with Crippen LogP contribution in [0.25, 0.3) is 11.1 Å². The third kappa shape index (κ3) is 1.81. The Morgan fingerprint density at radius 3 is 2.70 bits per heavy atom. The fourth-order valence-electron chi connectivity index (χ4n) is 3.96. The van der Waals surface area contributed by atoms with Crippen LogP contribution in [0.3, 0.4) is 0 Å². The Hall–Kier alpha value is -1.60. The van der Waals surface area contributed by atoms with Crippen LogP contribution in [-0.2, 0) is 6.42 Å². The molecule has 1 aliphatic heterocycles. The second kappa shape index (κ2) is 4.75. The number of nitrogens with zero attached hydrogens (tertiary/aromatic N) is 1. The molecule has 1 heterocycles. The first-order valence-corrected chi connectivity index (χ1v) is 7.75. The molecule has 1 heteroatoms. The Morgan fingerprint density at radius 2 is 1.80 bits per heavy atom. The molecule has 102 valence electrons. The van der Waals surface area contributed by atoms with Gasteiger partial charge in [0.25, 0.3) is 0 Å². The van der Waals surface area contributed by atoms with Gasteiger partial charge in [0.1, 0.15) is 0 Å². The minimum Gasteiger partial charge on any atom is -0.299 e. The Morgan fingerprint density at radius 1 is 0.950 bits per heavy atom. The summed E-state index contributed by atoms with van der Waals surface area (Å²) < 4.78 is 0. The van der Waals surface area contributed by atoms with Gasteiger partial charge in [-0.15, -0.1) is 0 Å². The van der Waals surface area contributed by atoms with E-state index in [4.69, 9.17) is 0 Å². The van der Waals surface area contributed by atoms with Crippen molar-refractivity contribution in [1.82, 2.24) is 4.90 Å². The first kappa shape index (κ1) is 12.2. The number of piperidine rings is 1. The molecular formula is C19H21N. The summed E-state index contributed by atoms with van der Waals surface area (Å²) in [5.41, 5.74) is 7.56. The van der Waals surface area contributed by atoms with E-state index in [1.54, 1.807) is 11.1 Å². The zero-order valence-electron chi connectivity index (χ0n) is 12.1. The molecule has 20 heavy (non-hydrogen) atoms. The number of likely N-dealkylation sites (tertiary alicyclic amines) is 1. The van der Waals surface area contributed by atoms with Crippen LogP contribution in [0, 0.1) is 0 Å². The van der Waals surface area contributed by atoms with E-state index in [1.165, 1.54) is 42.5 Å². The van der Waals surface area contributed by atoms with Crippen molar-refractivity contribution in [3.63, 3.8) is 0 Å². The van der Waals surface area contributed by atoms with Gasteiger partial charge in [0.2, 0.25) is 0 Å². The normalized spacial score (nSPS) is 21.6. The van der Waals surface area contributed by atoms with Crippen molar-refractivity contribution in [3.8, 4) is 11.1 Å². The molecule has 1 saturated heterocycles. The van der Waals surface area contributed by atoms with Gasteiger partial charge in [-0.3, -0.25) is 4.90 Å². The first-order chi connectivity index (χ1) is 9.84. The van der Waals surface area contributed by atoms with Crippen molar-refractivity contribution in [2.75, 3.05) is 13.6 Å². The van der Waals surface area contributed by atoms with Gasteiger partial charge in [0, 0.05) is 6.04 Å². The van der Waals surface area contributed by atoms with Crippen molar-refractivity contribution < 1.29 is 0 Å². The van der Waals surface area contributed by atoms with Crippen LogP contribution >= 0.6 is 0 Å². The third-order valence-corrected chi connectivity index (χ3v) is 5.02. The predicted molar refractivity (Wildman–Crippen MR) is 83.9 cm³/mol. The lowest BCUT2D eigenvalue weighted by Gasteiger charge is -2.34. The van der Waals surface area contributed by atoms with Crippen molar-refractivity contribution in [2.45, 2.75) is 31.7 Å². The zero-order valence-corrected chi connectivity index (χ0v) is 12.1. The topological polar surface area (TPSA) is 3.24 Å². The summed E-state index contributed by atoms with van der Waals surface area (Å²) in [5, 5.41) is 0. The fraction of sp³-hybridized carbons (Fsp3) is 0.368. The summed E-state index contributed by atoms with van der Waals surface area (Å²) in [6.45, 7) is 1.24. The summed E-state index contributed by atoms with van der Waals surface area (Å²) in [7, 11) is 2.28. The summed E-state index contributed by atoms with van der Waals surface area (Å²) in [6, 6.07) is 16.4. The van der Waals surface area contributed by atoms with E-state index in [1.807, 2.05) is 0 Å². The smallest absolute Gasteiger partial charge is 0.0348 e. The molecule has 2 aromatic rings. The van der Waals surface area contributed by atoms with Gasteiger partial charge in [-0.1, -0.05) is 48.9 Å². The van der Waals surface area contributed by atoms with E-state index in [-0.39, 0.29) is 0 Å². The Balaban J connectivity index is 1.81. The van der Waals surface area contributed by atoms with Gasteiger partial charge >= 0.3 is 0 Å². The molecule has 2 aliphatic rings. The Kier molecular flexibility index (Phi) is 2.89. The predicted octanol–water partition coefficient (Wildman–Crippen LogP) is 4.41. The highest BCUT2D eigenvalue weighted by Gasteiger charge is 2.27. The lowest BCUT2D eigenvalue weighted by molar-refractivity contribution is 0.187. The third-order valence-electron chi connectivity index (χ3n) is 5.02. The van der Waals surface area contributed by atoms with Gasteiger partial charge in [-0.05, 0) is 60.7 Å². The van der Waals surface area contributed by atoms with E-state index in [0.717, 1.165) is 6.42 Å². The molecule has 0 N–H and O–H groups in total. The van der Waals surface area contributed by atoms with Gasteiger partial charge in [-0.25, -0.2) is 0 Å². The van der Waals surface area contributed by atoms with E-state index >= 15 is 0 Å². The molecule has 1 atom stereocenters. The molecule has 0 saturated carbocycles. The first-order valence-electron chi connectivity index (χ1n) is 7.75. The molecule has 4 rings (SSSR count). The molecule has 0 radical (unpaired) electrons. The lowest BCUT2D eigenvalue weighted by atomic mass is 9.90. The molecule has 0 amide bonds. The number of benzene rings is 2. The molecule has 1 aliphatic carbocycles. The van der Waals surface area contributed by atoms with Crippen LogP contribution in [0.15, 0.2) is 42.5 Å². The van der Waals surface area contributed by atoms with Gasteiger partial charge in [0.05, 0.1) is 0 Å². The highest BCUT2D eigenvalue weighted by atomic mass is 15.1. The summed E-state index contributed by atoms with van der Waals surface area (Å²) in [6.07, 6.45) is 5.14. The van der Waals surface area contributed by atoms with Crippen molar-refractivity contribution in [2.24, 2.45) is 0 Å². The molecule has 1 unspecified atom stereocenters.